The van der Waals surface area contributed by atoms with Crippen LogP contribution in [0.25, 0.3) is 0 Å². The van der Waals surface area contributed by atoms with Crippen molar-refractivity contribution in [3.05, 3.63) is 41.6 Å². The Morgan fingerprint density at radius 1 is 1.36 bits per heavy atom. The molecule has 0 spiro atoms. The average Bonchev–Trinajstić information content (AvgIpc) is 2.52. The molecule has 0 aliphatic heterocycles. The lowest BCUT2D eigenvalue weighted by Crippen LogP contribution is -2.28. The number of aliphatic hydroxyl groups excluding tert-OH is 1. The van der Waals surface area contributed by atoms with E-state index in [4.69, 9.17) is 10.4 Å². The van der Waals surface area contributed by atoms with Crippen LogP contribution in [-0.2, 0) is 4.79 Å². The number of benzene rings is 1. The van der Waals surface area contributed by atoms with Gasteiger partial charge in [-0.15, -0.1) is 0 Å². The Kier molecular flexibility index (Phi) is 6.80. The van der Waals surface area contributed by atoms with Crippen LogP contribution in [0, 0.1) is 11.3 Å². The molecular weight excluding hydrogens is 282 g/mol. The van der Waals surface area contributed by atoms with Gasteiger partial charge in [-0.05, 0) is 37.6 Å². The number of anilines is 1. The van der Waals surface area contributed by atoms with Crippen molar-refractivity contribution in [1.82, 2.24) is 5.32 Å². The number of nitrogens with zero attached hydrogens (tertiary/aromatic N) is 1. The van der Waals surface area contributed by atoms with Crippen LogP contribution in [0.3, 0.4) is 0 Å². The lowest BCUT2D eigenvalue weighted by Gasteiger charge is -2.12. The van der Waals surface area contributed by atoms with E-state index >= 15 is 0 Å². The highest BCUT2D eigenvalue weighted by Crippen LogP contribution is 2.11. The Morgan fingerprint density at radius 2 is 2.00 bits per heavy atom. The molecule has 1 rings (SSSR count). The number of Topliss-reactive ketones (excluding diaryl/α,β-unsaturated/α-hetero) is 1. The molecule has 1 aromatic carbocycles. The van der Waals surface area contributed by atoms with Crippen molar-refractivity contribution in [3.63, 3.8) is 0 Å². The molecule has 0 saturated heterocycles. The van der Waals surface area contributed by atoms with E-state index in [9.17, 15) is 9.59 Å². The lowest BCUT2D eigenvalue weighted by atomic mass is 10.1. The van der Waals surface area contributed by atoms with Crippen molar-refractivity contribution in [2.24, 2.45) is 0 Å². The second-order valence-corrected chi connectivity index (χ2v) is 4.71. The molecule has 0 aromatic heterocycles. The predicted molar refractivity (Wildman–Crippen MR) is 83.1 cm³/mol. The zero-order valence-corrected chi connectivity index (χ0v) is 12.6. The van der Waals surface area contributed by atoms with Gasteiger partial charge in [0.2, 0.25) is 0 Å². The molecule has 0 aliphatic carbocycles. The van der Waals surface area contributed by atoms with Crippen molar-refractivity contribution >= 4 is 17.4 Å². The van der Waals surface area contributed by atoms with Gasteiger partial charge in [-0.1, -0.05) is 6.92 Å². The Balaban J connectivity index is 2.75. The van der Waals surface area contributed by atoms with Gasteiger partial charge in [0.1, 0.15) is 11.6 Å². The highest BCUT2D eigenvalue weighted by Gasteiger charge is 2.10. The second kappa shape index (κ2) is 8.60. The number of amides is 1. The van der Waals surface area contributed by atoms with E-state index < -0.39 is 5.91 Å². The largest absolute Gasteiger partial charge is 0.394 e. The third kappa shape index (κ3) is 5.04. The Bertz CT molecular complexity index is 596. The van der Waals surface area contributed by atoms with Crippen LogP contribution in [0.2, 0.25) is 0 Å². The van der Waals surface area contributed by atoms with Gasteiger partial charge in [-0.2, -0.15) is 5.26 Å². The third-order valence-electron chi connectivity index (χ3n) is 3.09. The normalized spacial score (nSPS) is 12.2. The summed E-state index contributed by atoms with van der Waals surface area (Å²) in [6, 6.07) is 8.00. The number of hydrogen-bond acceptors (Lipinski definition) is 5. The Hall–Kier alpha value is -2.65. The Morgan fingerprint density at radius 3 is 2.45 bits per heavy atom. The first-order valence-corrected chi connectivity index (χ1v) is 6.91. The Labute approximate surface area is 129 Å². The molecule has 1 atom stereocenters. The molecule has 22 heavy (non-hydrogen) atoms. The maximum atomic E-state index is 12.0. The molecule has 116 valence electrons. The molecule has 0 radical (unpaired) electrons. The minimum atomic E-state index is -0.557. The molecule has 0 aliphatic rings. The van der Waals surface area contributed by atoms with Gasteiger partial charge in [0.15, 0.2) is 5.78 Å². The highest BCUT2D eigenvalue weighted by atomic mass is 16.3. The summed E-state index contributed by atoms with van der Waals surface area (Å²) in [7, 11) is 0. The zero-order chi connectivity index (χ0) is 16.5. The summed E-state index contributed by atoms with van der Waals surface area (Å²) < 4.78 is 0. The standard InChI is InChI=1S/C16H19N3O3/c1-3-14(10-20)18-9-13(8-17)16(22)19-15-6-4-12(5-7-15)11(2)21/h4-7,9,14,18,20H,3,10H2,1-2H3,(H,19,22)/b13-9-. The first-order valence-electron chi connectivity index (χ1n) is 6.91. The van der Waals surface area contributed by atoms with Gasteiger partial charge >= 0.3 is 0 Å². The number of aliphatic hydroxyl groups is 1. The predicted octanol–water partition coefficient (Wildman–Crippen LogP) is 1.60. The minimum absolute atomic E-state index is 0.0608. The van der Waals surface area contributed by atoms with Crippen molar-refractivity contribution in [2.75, 3.05) is 11.9 Å². The van der Waals surface area contributed by atoms with E-state index in [0.29, 0.717) is 17.7 Å². The molecule has 6 heteroatoms. The molecule has 6 nitrogen and oxygen atoms in total. The monoisotopic (exact) mass is 301 g/mol. The van der Waals surface area contributed by atoms with Gasteiger partial charge in [0, 0.05) is 23.5 Å². The molecule has 0 bridgehead atoms. The number of nitrogens with one attached hydrogen (secondary N) is 2. The van der Waals surface area contributed by atoms with Crippen molar-refractivity contribution < 1.29 is 14.7 Å². The number of carbonyl (C=O) groups is 2. The maximum Gasteiger partial charge on any atom is 0.267 e. The molecule has 1 aromatic rings. The van der Waals surface area contributed by atoms with E-state index in [1.54, 1.807) is 30.3 Å². The molecule has 3 N–H and O–H groups in total. The van der Waals surface area contributed by atoms with E-state index in [1.807, 2.05) is 6.92 Å². The number of carbonyl (C=O) groups excluding carboxylic acids is 2. The van der Waals surface area contributed by atoms with Crippen LogP contribution >= 0.6 is 0 Å². The lowest BCUT2D eigenvalue weighted by molar-refractivity contribution is -0.112. The van der Waals surface area contributed by atoms with Gasteiger partial charge in [-0.25, -0.2) is 0 Å². The summed E-state index contributed by atoms with van der Waals surface area (Å²) in [6.45, 7) is 3.26. The van der Waals surface area contributed by atoms with E-state index in [0.717, 1.165) is 0 Å². The van der Waals surface area contributed by atoms with Crippen LogP contribution in [0.4, 0.5) is 5.69 Å². The van der Waals surface area contributed by atoms with E-state index in [1.165, 1.54) is 13.1 Å². The zero-order valence-electron chi connectivity index (χ0n) is 12.6. The van der Waals surface area contributed by atoms with Gasteiger partial charge in [0.05, 0.1) is 6.61 Å². The topological polar surface area (TPSA) is 102 Å². The number of ketones is 1. The van der Waals surface area contributed by atoms with Crippen LogP contribution in [0.1, 0.15) is 30.6 Å². The number of hydrogen-bond donors (Lipinski definition) is 3. The maximum absolute atomic E-state index is 12.0. The van der Waals surface area contributed by atoms with Crippen molar-refractivity contribution in [3.8, 4) is 6.07 Å². The molecular formula is C16H19N3O3. The molecule has 0 saturated carbocycles. The van der Waals surface area contributed by atoms with Crippen LogP contribution < -0.4 is 10.6 Å². The summed E-state index contributed by atoms with van der Waals surface area (Å²) in [4.78, 5) is 23.2. The number of rotatable bonds is 7. The van der Waals surface area contributed by atoms with Gasteiger partial charge in [0.25, 0.3) is 5.91 Å². The summed E-state index contributed by atoms with van der Waals surface area (Å²) in [5.74, 6) is -0.618. The summed E-state index contributed by atoms with van der Waals surface area (Å²) in [5.41, 5.74) is 0.942. The first kappa shape index (κ1) is 17.4. The van der Waals surface area contributed by atoms with Crippen LogP contribution in [0.5, 0.6) is 0 Å². The average molecular weight is 301 g/mol. The molecule has 1 unspecified atom stereocenters. The van der Waals surface area contributed by atoms with Gasteiger partial charge in [-0.3, -0.25) is 9.59 Å². The fourth-order valence-corrected chi connectivity index (χ4v) is 1.64. The SMILES string of the molecule is CCC(CO)N/C=C(/C#N)C(=O)Nc1ccc(C(C)=O)cc1. The van der Waals surface area contributed by atoms with E-state index in [2.05, 4.69) is 10.6 Å². The van der Waals surface area contributed by atoms with Crippen molar-refractivity contribution in [1.29, 1.82) is 5.26 Å². The fraction of sp³-hybridized carbons (Fsp3) is 0.312. The summed E-state index contributed by atoms with van der Waals surface area (Å²) >= 11 is 0. The second-order valence-electron chi connectivity index (χ2n) is 4.71. The summed E-state index contributed by atoms with van der Waals surface area (Å²) in [6.07, 6.45) is 1.96. The number of nitriles is 1. The van der Waals surface area contributed by atoms with Crippen LogP contribution in [-0.4, -0.2) is 29.4 Å². The quantitative estimate of drug-likeness (QED) is 0.403. The van der Waals surface area contributed by atoms with Crippen molar-refractivity contribution in [2.45, 2.75) is 26.3 Å². The van der Waals surface area contributed by atoms with Crippen LogP contribution in [0.15, 0.2) is 36.0 Å². The highest BCUT2D eigenvalue weighted by molar-refractivity contribution is 6.06. The van der Waals surface area contributed by atoms with E-state index in [-0.39, 0.29) is 24.0 Å². The third-order valence-corrected chi connectivity index (χ3v) is 3.09. The summed E-state index contributed by atoms with van der Waals surface area (Å²) in [5, 5.41) is 23.5. The molecule has 0 heterocycles. The first-order chi connectivity index (χ1) is 10.5. The van der Waals surface area contributed by atoms with Gasteiger partial charge < -0.3 is 15.7 Å². The minimum Gasteiger partial charge on any atom is -0.394 e. The molecule has 1 amide bonds. The fourth-order valence-electron chi connectivity index (χ4n) is 1.64. The smallest absolute Gasteiger partial charge is 0.267 e. The molecule has 0 fully saturated rings.